The summed E-state index contributed by atoms with van der Waals surface area (Å²) in [5.41, 5.74) is 19.0. The maximum atomic E-state index is 12.5. The molecular weight excluding hydrogens is 1290 g/mol. The lowest BCUT2D eigenvalue weighted by Gasteiger charge is -2.06. The van der Waals surface area contributed by atoms with Crippen LogP contribution in [0.3, 0.4) is 0 Å². The standard InChI is InChI=1S/2C22H19N3O.2C21H18N4O/c1-16-9-11-17(12-10-16)14-25-15-20(18-6-2-3-8-21(18)25)24-22(26)19-7-4-5-13-23-19;1-16-8-10-17(11-9-16)14-25-15-20(19-6-2-3-7-21(19)25)24-22(26)18-5-4-12-23-13-18;1-15-6-8-16(9-7-15)12-25-13-19(18-4-2-3-5-20(18)25)24-21(26)17-10-22-14-23-11-17;1-15-6-8-16(9-7-15)13-25-14-19(17-4-2-3-5-20(17)25)24-21(26)18-12-22-10-11-23-18/h2*2-13,15H,14H2,1H3,(H,24,26);2-11,13-14H,12H2,1H3,(H,24,26);2-12,14H,13H2,1H3,(H,24,26). The fraction of sp³-hybridized carbons (Fsp3) is 0.0930. The van der Waals surface area contributed by atoms with E-state index in [4.69, 9.17) is 0 Å². The van der Waals surface area contributed by atoms with Crippen molar-refractivity contribution in [3.05, 3.63) is 372 Å². The van der Waals surface area contributed by atoms with Gasteiger partial charge in [0.15, 0.2) is 0 Å². The third-order valence-corrected chi connectivity index (χ3v) is 17.5. The number of nitrogens with zero attached hydrogens (tertiary/aromatic N) is 10. The number of hydrogen-bond acceptors (Lipinski definition) is 10. The zero-order chi connectivity index (χ0) is 71.7. The molecule has 0 unspecified atom stereocenters. The fourth-order valence-electron chi connectivity index (χ4n) is 12.1. The number of anilines is 4. The molecule has 0 fully saturated rings. The molecule has 16 rings (SSSR count). The van der Waals surface area contributed by atoms with Gasteiger partial charge in [0.25, 0.3) is 23.6 Å². The molecule has 512 valence electrons. The van der Waals surface area contributed by atoms with E-state index < -0.39 is 0 Å². The van der Waals surface area contributed by atoms with Crippen LogP contribution in [0.1, 0.15) is 86.2 Å². The van der Waals surface area contributed by atoms with Crippen LogP contribution in [0, 0.1) is 27.7 Å². The van der Waals surface area contributed by atoms with E-state index in [1.807, 2.05) is 104 Å². The van der Waals surface area contributed by atoms with Crippen molar-refractivity contribution < 1.29 is 19.2 Å². The maximum Gasteiger partial charge on any atom is 0.275 e. The Morgan fingerprint density at radius 2 is 0.615 bits per heavy atom. The number of carbonyl (C=O) groups excluding carboxylic acids is 4. The first kappa shape index (κ1) is 68.8. The van der Waals surface area contributed by atoms with Crippen LogP contribution in [0.15, 0.2) is 305 Å². The molecule has 18 nitrogen and oxygen atoms in total. The lowest BCUT2D eigenvalue weighted by Crippen LogP contribution is -2.13. The molecule has 0 bridgehead atoms. The van der Waals surface area contributed by atoms with E-state index in [1.54, 1.807) is 49.1 Å². The van der Waals surface area contributed by atoms with Gasteiger partial charge in [-0.15, -0.1) is 0 Å². The predicted octanol–water partition coefficient (Wildman–Crippen LogP) is 17.4. The first-order valence-corrected chi connectivity index (χ1v) is 33.9. The quantitative estimate of drug-likeness (QED) is 0.0718. The summed E-state index contributed by atoms with van der Waals surface area (Å²) < 4.78 is 8.62. The molecule has 8 heterocycles. The minimum absolute atomic E-state index is 0.156. The Kier molecular flexibility index (Phi) is 21.5. The monoisotopic (exact) mass is 1370 g/mol. The Morgan fingerprint density at radius 3 is 0.962 bits per heavy atom. The molecule has 0 aliphatic rings. The van der Waals surface area contributed by atoms with Crippen LogP contribution in [-0.4, -0.2) is 71.8 Å². The van der Waals surface area contributed by atoms with Crippen LogP contribution in [-0.2, 0) is 26.2 Å². The summed E-state index contributed by atoms with van der Waals surface area (Å²) in [6.45, 7) is 11.3. The average molecular weight is 1370 g/mol. The molecule has 104 heavy (non-hydrogen) atoms. The van der Waals surface area contributed by atoms with Crippen molar-refractivity contribution in [1.29, 1.82) is 0 Å². The topological polar surface area (TPSA) is 213 Å². The van der Waals surface area contributed by atoms with Crippen molar-refractivity contribution in [3.63, 3.8) is 0 Å². The van der Waals surface area contributed by atoms with Gasteiger partial charge < -0.3 is 39.5 Å². The molecule has 0 radical (unpaired) electrons. The smallest absolute Gasteiger partial charge is 0.275 e. The Balaban J connectivity index is 0.000000123. The number of carbonyl (C=O) groups is 4. The largest absolute Gasteiger partial charge is 0.341 e. The second-order valence-corrected chi connectivity index (χ2v) is 25.2. The van der Waals surface area contributed by atoms with Gasteiger partial charge in [-0.25, -0.2) is 15.0 Å². The maximum absolute atomic E-state index is 12.5. The van der Waals surface area contributed by atoms with Gasteiger partial charge in [-0.2, -0.15) is 0 Å². The number of amides is 4. The molecule has 0 spiro atoms. The van der Waals surface area contributed by atoms with Crippen LogP contribution >= 0.6 is 0 Å². The van der Waals surface area contributed by atoms with E-state index >= 15 is 0 Å². The van der Waals surface area contributed by atoms with E-state index in [2.05, 4.69) is 218 Å². The molecule has 16 aromatic rings. The first-order chi connectivity index (χ1) is 50.8. The Labute approximate surface area is 601 Å². The lowest BCUT2D eigenvalue weighted by atomic mass is 10.1. The first-order valence-electron chi connectivity index (χ1n) is 33.9. The summed E-state index contributed by atoms with van der Waals surface area (Å²) in [5.74, 6) is -0.847. The number of nitrogens with one attached hydrogen (secondary N) is 4. The third kappa shape index (κ3) is 17.1. The molecule has 0 saturated carbocycles. The Hall–Kier alpha value is -13.7. The van der Waals surface area contributed by atoms with Gasteiger partial charge in [0, 0.05) is 116 Å². The zero-order valence-electron chi connectivity index (χ0n) is 57.8. The number of hydrogen-bond donors (Lipinski definition) is 4. The van der Waals surface area contributed by atoms with Gasteiger partial charge in [-0.1, -0.05) is 198 Å². The van der Waals surface area contributed by atoms with Crippen molar-refractivity contribution in [3.8, 4) is 0 Å². The summed E-state index contributed by atoms with van der Waals surface area (Å²) >= 11 is 0. The highest BCUT2D eigenvalue weighted by Gasteiger charge is 2.18. The van der Waals surface area contributed by atoms with Crippen LogP contribution in [0.5, 0.6) is 0 Å². The molecule has 18 heteroatoms. The number of aromatic nitrogens is 10. The van der Waals surface area contributed by atoms with Gasteiger partial charge in [0.05, 0.1) is 62.1 Å². The second-order valence-electron chi connectivity index (χ2n) is 25.2. The van der Waals surface area contributed by atoms with E-state index in [0.29, 0.717) is 22.5 Å². The van der Waals surface area contributed by atoms with E-state index in [-0.39, 0.29) is 23.6 Å². The van der Waals surface area contributed by atoms with Crippen LogP contribution in [0.4, 0.5) is 22.7 Å². The highest BCUT2D eigenvalue weighted by molar-refractivity contribution is 6.11. The normalized spacial score (nSPS) is 10.8. The Morgan fingerprint density at radius 1 is 0.288 bits per heavy atom. The second kappa shape index (κ2) is 32.5. The summed E-state index contributed by atoms with van der Waals surface area (Å²) in [4.78, 5) is 73.8. The molecule has 4 amide bonds. The van der Waals surface area contributed by atoms with E-state index in [0.717, 1.165) is 92.5 Å². The number of benzene rings is 8. The molecule has 8 aromatic carbocycles. The minimum atomic E-state index is -0.267. The van der Waals surface area contributed by atoms with Gasteiger partial charge in [0.1, 0.15) is 17.7 Å². The number of fused-ring (bicyclic) bond motifs is 4. The fourth-order valence-corrected chi connectivity index (χ4v) is 12.1. The van der Waals surface area contributed by atoms with Gasteiger partial charge in [0.2, 0.25) is 0 Å². The van der Waals surface area contributed by atoms with Gasteiger partial charge in [-0.3, -0.25) is 34.1 Å². The van der Waals surface area contributed by atoms with Gasteiger partial charge >= 0.3 is 0 Å². The average Bonchev–Trinajstić information content (AvgIpc) is 1.67. The molecule has 0 atom stereocenters. The third-order valence-electron chi connectivity index (χ3n) is 17.5. The number of rotatable bonds is 16. The molecule has 0 aliphatic carbocycles. The molecular formula is C86H74N14O4. The lowest BCUT2D eigenvalue weighted by molar-refractivity contribution is 0.101. The summed E-state index contributed by atoms with van der Waals surface area (Å²) in [7, 11) is 0. The van der Waals surface area contributed by atoms with Crippen LogP contribution in [0.25, 0.3) is 43.6 Å². The van der Waals surface area contributed by atoms with Crippen molar-refractivity contribution in [2.75, 3.05) is 21.3 Å². The van der Waals surface area contributed by atoms with E-state index in [1.165, 1.54) is 75.6 Å². The highest BCUT2D eigenvalue weighted by atomic mass is 16.2. The summed E-state index contributed by atoms with van der Waals surface area (Å²) in [5, 5.41) is 16.0. The van der Waals surface area contributed by atoms with E-state index in [9.17, 15) is 19.2 Å². The molecule has 8 aromatic heterocycles. The van der Waals surface area contributed by atoms with Crippen molar-refractivity contribution in [1.82, 2.24) is 48.2 Å². The SMILES string of the molecule is Cc1ccc(Cn2cc(NC(=O)c3ccccn3)c3ccccc32)cc1.Cc1ccc(Cn2cc(NC(=O)c3cccnc3)c3ccccc32)cc1.Cc1ccc(Cn2cc(NC(=O)c3cnccn3)c3ccccc32)cc1.Cc1ccc(Cn2cc(NC(=O)c3cncnc3)c3ccccc32)cc1. The van der Waals surface area contributed by atoms with Gasteiger partial charge in [-0.05, 0) is 98.5 Å². The number of para-hydroxylation sites is 4. The Bertz CT molecular complexity index is 4910. The minimum Gasteiger partial charge on any atom is -0.341 e. The number of aryl methyl sites for hydroxylation is 4. The number of pyridine rings is 2. The molecule has 0 saturated heterocycles. The van der Waals surface area contributed by atoms with Crippen molar-refractivity contribution in [2.45, 2.75) is 53.9 Å². The predicted molar refractivity (Wildman–Crippen MR) is 413 cm³/mol. The van der Waals surface area contributed by atoms with Crippen LogP contribution in [0.2, 0.25) is 0 Å². The zero-order valence-corrected chi connectivity index (χ0v) is 57.8. The summed E-state index contributed by atoms with van der Waals surface area (Å²) in [6.07, 6.45) is 21.7. The van der Waals surface area contributed by atoms with Crippen LogP contribution < -0.4 is 21.3 Å². The summed E-state index contributed by atoms with van der Waals surface area (Å²) in [6, 6.07) is 75.1. The highest BCUT2D eigenvalue weighted by Crippen LogP contribution is 2.32. The van der Waals surface area contributed by atoms with Crippen molar-refractivity contribution >= 4 is 90.0 Å². The molecule has 0 aliphatic heterocycles. The molecule has 4 N–H and O–H groups in total. The van der Waals surface area contributed by atoms with Crippen molar-refractivity contribution in [2.24, 2.45) is 0 Å².